The number of esters is 1. The van der Waals surface area contributed by atoms with Crippen molar-refractivity contribution in [1.82, 2.24) is 9.97 Å². The van der Waals surface area contributed by atoms with Crippen molar-refractivity contribution in [1.29, 1.82) is 0 Å². The number of ether oxygens (including phenoxy) is 1. The number of rotatable bonds is 3. The molecule has 1 aromatic carbocycles. The van der Waals surface area contributed by atoms with Crippen LogP contribution in [0.4, 0.5) is 0 Å². The average Bonchev–Trinajstić information content (AvgIpc) is 2.41. The van der Waals surface area contributed by atoms with Gasteiger partial charge in [-0.15, -0.1) is 0 Å². The van der Waals surface area contributed by atoms with Crippen LogP contribution in [0, 0.1) is 0 Å². The number of hydrogen-bond acceptors (Lipinski definition) is 5. The summed E-state index contributed by atoms with van der Waals surface area (Å²) in [6.45, 7) is 0. The van der Waals surface area contributed by atoms with E-state index in [0.29, 0.717) is 15.7 Å². The summed E-state index contributed by atoms with van der Waals surface area (Å²) < 4.78 is 4.66. The molecule has 1 aromatic heterocycles. The third kappa shape index (κ3) is 3.21. The summed E-state index contributed by atoms with van der Waals surface area (Å²) in [7, 11) is 1.35. The zero-order valence-corrected chi connectivity index (χ0v) is 11.0. The second-order valence-corrected chi connectivity index (χ2v) is 4.78. The number of benzene rings is 1. The minimum atomic E-state index is -0.366. The minimum absolute atomic E-state index is 0.366. The van der Waals surface area contributed by atoms with Crippen molar-refractivity contribution in [2.45, 2.75) is 10.1 Å². The van der Waals surface area contributed by atoms with Crippen molar-refractivity contribution in [3.63, 3.8) is 0 Å². The summed E-state index contributed by atoms with van der Waals surface area (Å²) in [6.07, 6.45) is 3.06. The lowest BCUT2D eigenvalue weighted by molar-refractivity contribution is 0.0600. The minimum Gasteiger partial charge on any atom is -0.465 e. The molecule has 2 rings (SSSR count). The molecule has 0 amide bonds. The van der Waals surface area contributed by atoms with Crippen molar-refractivity contribution in [2.75, 3.05) is 7.11 Å². The van der Waals surface area contributed by atoms with Gasteiger partial charge >= 0.3 is 5.97 Å². The first kappa shape index (κ1) is 12.9. The molecule has 0 radical (unpaired) electrons. The lowest BCUT2D eigenvalue weighted by Crippen LogP contribution is -2.00. The van der Waals surface area contributed by atoms with Gasteiger partial charge in [0.2, 0.25) is 0 Å². The molecule has 0 bridgehead atoms. The molecule has 0 aliphatic carbocycles. The third-order valence-corrected chi connectivity index (χ3v) is 3.14. The zero-order chi connectivity index (χ0) is 13.0. The Balaban J connectivity index is 2.19. The van der Waals surface area contributed by atoms with Crippen LogP contribution < -0.4 is 0 Å². The quantitative estimate of drug-likeness (QED) is 0.639. The lowest BCUT2D eigenvalue weighted by atomic mass is 10.2. The fourth-order valence-electron chi connectivity index (χ4n) is 1.26. The van der Waals surface area contributed by atoms with E-state index in [-0.39, 0.29) is 5.97 Å². The summed E-state index contributed by atoms with van der Waals surface area (Å²) in [5.41, 5.74) is 0.497. The van der Waals surface area contributed by atoms with Crippen LogP contribution in [0.3, 0.4) is 0 Å². The molecule has 0 aliphatic heterocycles. The van der Waals surface area contributed by atoms with Crippen molar-refractivity contribution in [3.05, 3.63) is 47.2 Å². The maximum absolute atomic E-state index is 11.4. The second kappa shape index (κ2) is 5.84. The molecule has 0 unspecified atom stereocenters. The van der Waals surface area contributed by atoms with Crippen molar-refractivity contribution < 1.29 is 9.53 Å². The number of hydrogen-bond donors (Lipinski definition) is 0. The van der Waals surface area contributed by atoms with E-state index in [2.05, 4.69) is 14.7 Å². The Bertz CT molecular complexity index is 560. The molecule has 0 atom stereocenters. The van der Waals surface area contributed by atoms with Crippen LogP contribution in [0.2, 0.25) is 5.02 Å². The van der Waals surface area contributed by atoms with E-state index in [9.17, 15) is 4.79 Å². The highest BCUT2D eigenvalue weighted by Gasteiger charge is 2.07. The van der Waals surface area contributed by atoms with Gasteiger partial charge in [0.25, 0.3) is 0 Å². The number of carbonyl (C=O) groups is 1. The number of halogens is 1. The smallest absolute Gasteiger partial charge is 0.337 e. The fourth-order valence-corrected chi connectivity index (χ4v) is 2.11. The molecule has 0 saturated heterocycles. The van der Waals surface area contributed by atoms with Crippen molar-refractivity contribution in [2.24, 2.45) is 0 Å². The molecule has 92 valence electrons. The van der Waals surface area contributed by atoms with Crippen LogP contribution in [-0.2, 0) is 4.74 Å². The molecule has 18 heavy (non-hydrogen) atoms. The molecule has 1 heterocycles. The normalized spacial score (nSPS) is 10.1. The molecule has 6 heteroatoms. The zero-order valence-electron chi connectivity index (χ0n) is 9.46. The van der Waals surface area contributed by atoms with Gasteiger partial charge in [-0.25, -0.2) is 14.8 Å². The summed E-state index contributed by atoms with van der Waals surface area (Å²) in [5.74, 6) is -0.366. The first-order valence-electron chi connectivity index (χ1n) is 5.03. The van der Waals surface area contributed by atoms with Crippen molar-refractivity contribution >= 4 is 29.3 Å². The molecule has 0 N–H and O–H groups in total. The number of aromatic nitrogens is 2. The molecule has 2 aromatic rings. The van der Waals surface area contributed by atoms with Gasteiger partial charge in [0, 0.05) is 4.90 Å². The summed E-state index contributed by atoms with van der Waals surface area (Å²) in [5, 5.41) is 1.06. The van der Waals surface area contributed by atoms with Crippen LogP contribution >= 0.6 is 23.4 Å². The largest absolute Gasteiger partial charge is 0.465 e. The monoisotopic (exact) mass is 280 g/mol. The van der Waals surface area contributed by atoms with Crippen LogP contribution in [0.25, 0.3) is 0 Å². The Morgan fingerprint density at radius 2 is 2.06 bits per heavy atom. The maximum atomic E-state index is 11.4. The standard InChI is InChI=1S/C12H9ClN2O2S/c1-17-11(16)8-3-2-4-10(5-8)18-12-14-6-9(13)7-15-12/h2-7H,1H3. The summed E-state index contributed by atoms with van der Waals surface area (Å²) in [4.78, 5) is 20.4. The fraction of sp³-hybridized carbons (Fsp3) is 0.0833. The SMILES string of the molecule is COC(=O)c1cccc(Sc2ncc(Cl)cn2)c1. The second-order valence-electron chi connectivity index (χ2n) is 3.31. The van der Waals surface area contributed by atoms with E-state index in [1.165, 1.54) is 31.3 Å². The third-order valence-electron chi connectivity index (χ3n) is 2.06. The van der Waals surface area contributed by atoms with Gasteiger partial charge in [0.1, 0.15) is 0 Å². The predicted molar refractivity (Wildman–Crippen MR) is 68.9 cm³/mol. The Morgan fingerprint density at radius 1 is 1.33 bits per heavy atom. The molecule has 0 saturated carbocycles. The molecule has 0 spiro atoms. The van der Waals surface area contributed by atoms with Gasteiger partial charge in [-0.05, 0) is 30.0 Å². The number of carbonyl (C=O) groups excluding carboxylic acids is 1. The Kier molecular flexibility index (Phi) is 4.17. The average molecular weight is 281 g/mol. The van der Waals surface area contributed by atoms with Gasteiger partial charge in [0.15, 0.2) is 5.16 Å². The summed E-state index contributed by atoms with van der Waals surface area (Å²) >= 11 is 7.05. The van der Waals surface area contributed by atoms with Crippen LogP contribution in [0.15, 0.2) is 46.7 Å². The van der Waals surface area contributed by atoms with Gasteiger partial charge in [-0.2, -0.15) is 0 Å². The van der Waals surface area contributed by atoms with Crippen LogP contribution in [0.5, 0.6) is 0 Å². The van der Waals surface area contributed by atoms with E-state index >= 15 is 0 Å². The maximum Gasteiger partial charge on any atom is 0.337 e. The van der Waals surface area contributed by atoms with E-state index in [4.69, 9.17) is 11.6 Å². The van der Waals surface area contributed by atoms with E-state index in [1.54, 1.807) is 18.2 Å². The Morgan fingerprint density at radius 3 is 2.72 bits per heavy atom. The predicted octanol–water partition coefficient (Wildman–Crippen LogP) is 3.07. The molecular weight excluding hydrogens is 272 g/mol. The highest BCUT2D eigenvalue weighted by Crippen LogP contribution is 2.25. The Hall–Kier alpha value is -1.59. The van der Waals surface area contributed by atoms with Gasteiger partial charge in [-0.3, -0.25) is 0 Å². The van der Waals surface area contributed by atoms with Gasteiger partial charge in [0.05, 0.1) is 30.1 Å². The highest BCUT2D eigenvalue weighted by molar-refractivity contribution is 7.99. The first-order chi connectivity index (χ1) is 8.69. The topological polar surface area (TPSA) is 52.1 Å². The molecule has 0 aliphatic rings. The van der Waals surface area contributed by atoms with E-state index in [0.717, 1.165) is 4.90 Å². The molecule has 0 fully saturated rings. The van der Waals surface area contributed by atoms with E-state index < -0.39 is 0 Å². The van der Waals surface area contributed by atoms with E-state index in [1.807, 2.05) is 6.07 Å². The number of nitrogens with zero attached hydrogens (tertiary/aromatic N) is 2. The first-order valence-corrected chi connectivity index (χ1v) is 6.22. The van der Waals surface area contributed by atoms with Crippen molar-refractivity contribution in [3.8, 4) is 0 Å². The number of methoxy groups -OCH3 is 1. The van der Waals surface area contributed by atoms with Crippen LogP contribution in [-0.4, -0.2) is 23.0 Å². The highest BCUT2D eigenvalue weighted by atomic mass is 35.5. The van der Waals surface area contributed by atoms with Gasteiger partial charge in [-0.1, -0.05) is 17.7 Å². The Labute approximate surface area is 113 Å². The van der Waals surface area contributed by atoms with Crippen LogP contribution in [0.1, 0.15) is 10.4 Å². The lowest BCUT2D eigenvalue weighted by Gasteiger charge is -2.02. The van der Waals surface area contributed by atoms with Gasteiger partial charge < -0.3 is 4.74 Å². The molecule has 4 nitrogen and oxygen atoms in total. The summed E-state index contributed by atoms with van der Waals surface area (Å²) in [6, 6.07) is 7.08. The molecular formula is C12H9ClN2O2S.